The summed E-state index contributed by atoms with van der Waals surface area (Å²) in [4.78, 5) is 14.6. The fraction of sp³-hybridized carbons (Fsp3) is 0.562. The number of amides is 1. The molecule has 20 heavy (non-hydrogen) atoms. The van der Waals surface area contributed by atoms with Gasteiger partial charge in [-0.2, -0.15) is 0 Å². The minimum absolute atomic E-state index is 0.0438. The van der Waals surface area contributed by atoms with E-state index in [2.05, 4.69) is 35.4 Å². The largest absolute Gasteiger partial charge is 0.369 e. The number of carbonyl (C=O) groups excluding carboxylic acids is 1. The molecule has 2 N–H and O–H groups in total. The number of nitrogens with one attached hydrogen (secondary N) is 2. The van der Waals surface area contributed by atoms with Gasteiger partial charge >= 0.3 is 0 Å². The Morgan fingerprint density at radius 2 is 2.00 bits per heavy atom. The number of anilines is 1. The number of benzene rings is 1. The number of rotatable bonds is 3. The normalized spacial score (nSPS) is 20.6. The molecule has 1 amide bonds. The second kappa shape index (κ2) is 5.09. The Balaban J connectivity index is 1.74. The van der Waals surface area contributed by atoms with Crippen LogP contribution in [0.25, 0.3) is 0 Å². The highest BCUT2D eigenvalue weighted by atomic mass is 16.1. The second-order valence-electron chi connectivity index (χ2n) is 6.25. The van der Waals surface area contributed by atoms with E-state index >= 15 is 0 Å². The lowest BCUT2D eigenvalue weighted by Crippen LogP contribution is -2.43. The molecule has 0 spiro atoms. The summed E-state index contributed by atoms with van der Waals surface area (Å²) in [6.07, 6.45) is 2.19. The van der Waals surface area contributed by atoms with Crippen molar-refractivity contribution in [1.82, 2.24) is 10.6 Å². The lowest BCUT2D eigenvalue weighted by molar-refractivity contribution is 0.0935. The maximum Gasteiger partial charge on any atom is 0.251 e. The molecule has 3 rings (SSSR count). The maximum absolute atomic E-state index is 12.2. The molecule has 2 aliphatic rings. The van der Waals surface area contributed by atoms with Gasteiger partial charge in [-0.3, -0.25) is 4.79 Å². The molecular weight excluding hydrogens is 250 g/mol. The number of nitrogens with zero attached hydrogens (tertiary/aromatic N) is 1. The van der Waals surface area contributed by atoms with Gasteiger partial charge in [-0.05, 0) is 50.5 Å². The van der Waals surface area contributed by atoms with E-state index in [1.54, 1.807) is 0 Å². The van der Waals surface area contributed by atoms with Crippen LogP contribution in [0.4, 0.5) is 5.69 Å². The van der Waals surface area contributed by atoms with Crippen molar-refractivity contribution in [3.63, 3.8) is 0 Å². The van der Waals surface area contributed by atoms with Gasteiger partial charge in [0, 0.05) is 43.0 Å². The summed E-state index contributed by atoms with van der Waals surface area (Å²) in [5.41, 5.74) is 3.25. The van der Waals surface area contributed by atoms with Gasteiger partial charge < -0.3 is 15.5 Å². The highest BCUT2D eigenvalue weighted by Gasteiger charge is 2.38. The standard InChI is InChI=1S/C16H23N3O/c1-12-11-13(15(20)18-16(2)5-6-16)3-4-14(12)19-9-7-17-8-10-19/h3-4,11,17H,5-10H2,1-2H3,(H,18,20). The molecule has 0 bridgehead atoms. The van der Waals surface area contributed by atoms with Crippen LogP contribution in [-0.4, -0.2) is 37.6 Å². The van der Waals surface area contributed by atoms with Gasteiger partial charge in [0.2, 0.25) is 0 Å². The third kappa shape index (κ3) is 2.80. The number of carbonyl (C=O) groups is 1. The summed E-state index contributed by atoms with van der Waals surface area (Å²) in [7, 11) is 0. The van der Waals surface area contributed by atoms with Gasteiger partial charge in [-0.25, -0.2) is 0 Å². The molecule has 1 saturated heterocycles. The Kier molecular flexibility index (Phi) is 3.42. The number of hydrogen-bond acceptors (Lipinski definition) is 3. The molecule has 1 aliphatic heterocycles. The van der Waals surface area contributed by atoms with E-state index in [1.807, 2.05) is 12.1 Å². The topological polar surface area (TPSA) is 44.4 Å². The highest BCUT2D eigenvalue weighted by Crippen LogP contribution is 2.34. The van der Waals surface area contributed by atoms with Crippen LogP contribution in [0.3, 0.4) is 0 Å². The van der Waals surface area contributed by atoms with E-state index in [0.29, 0.717) is 0 Å². The van der Waals surface area contributed by atoms with Crippen LogP contribution in [0.5, 0.6) is 0 Å². The predicted molar refractivity (Wildman–Crippen MR) is 81.4 cm³/mol. The third-order valence-corrected chi connectivity index (χ3v) is 4.33. The van der Waals surface area contributed by atoms with Gasteiger partial charge in [-0.1, -0.05) is 0 Å². The fourth-order valence-corrected chi connectivity index (χ4v) is 2.72. The summed E-state index contributed by atoms with van der Waals surface area (Å²) >= 11 is 0. The van der Waals surface area contributed by atoms with Crippen molar-refractivity contribution >= 4 is 11.6 Å². The van der Waals surface area contributed by atoms with Crippen LogP contribution < -0.4 is 15.5 Å². The van der Waals surface area contributed by atoms with Crippen molar-refractivity contribution in [2.45, 2.75) is 32.2 Å². The molecule has 4 heteroatoms. The summed E-state index contributed by atoms with van der Waals surface area (Å²) < 4.78 is 0. The van der Waals surface area contributed by atoms with Gasteiger partial charge in [0.05, 0.1) is 0 Å². The summed E-state index contributed by atoms with van der Waals surface area (Å²) in [6.45, 7) is 8.31. The van der Waals surface area contributed by atoms with Crippen molar-refractivity contribution in [2.75, 3.05) is 31.1 Å². The first-order valence-corrected chi connectivity index (χ1v) is 7.46. The Hall–Kier alpha value is -1.55. The molecular formula is C16H23N3O. The summed E-state index contributed by atoms with van der Waals surface area (Å²) in [5, 5.41) is 6.47. The molecule has 1 aliphatic carbocycles. The van der Waals surface area contributed by atoms with E-state index in [9.17, 15) is 4.79 Å². The molecule has 0 atom stereocenters. The highest BCUT2D eigenvalue weighted by molar-refractivity contribution is 5.95. The molecule has 1 aromatic rings. The summed E-state index contributed by atoms with van der Waals surface area (Å²) in [5.74, 6) is 0.0555. The first-order chi connectivity index (χ1) is 9.57. The summed E-state index contributed by atoms with van der Waals surface area (Å²) in [6, 6.07) is 6.05. The lowest BCUT2D eigenvalue weighted by atomic mass is 10.1. The average molecular weight is 273 g/mol. The van der Waals surface area contributed by atoms with Gasteiger partial charge in [0.15, 0.2) is 0 Å². The number of aryl methyl sites for hydroxylation is 1. The molecule has 108 valence electrons. The zero-order valence-corrected chi connectivity index (χ0v) is 12.3. The van der Waals surface area contributed by atoms with Crippen molar-refractivity contribution in [1.29, 1.82) is 0 Å². The fourth-order valence-electron chi connectivity index (χ4n) is 2.72. The minimum Gasteiger partial charge on any atom is -0.369 e. The van der Waals surface area contributed by atoms with Crippen LogP contribution in [-0.2, 0) is 0 Å². The van der Waals surface area contributed by atoms with E-state index < -0.39 is 0 Å². The molecule has 0 unspecified atom stereocenters. The number of piperazine rings is 1. The first kappa shape index (κ1) is 13.4. The average Bonchev–Trinajstić information content (AvgIpc) is 3.17. The molecule has 1 aromatic carbocycles. The van der Waals surface area contributed by atoms with Crippen molar-refractivity contribution in [2.24, 2.45) is 0 Å². The Morgan fingerprint density at radius 1 is 1.30 bits per heavy atom. The molecule has 0 radical (unpaired) electrons. The van der Waals surface area contributed by atoms with Crippen LogP contribution in [0.1, 0.15) is 35.7 Å². The zero-order valence-electron chi connectivity index (χ0n) is 12.3. The minimum atomic E-state index is 0.0438. The molecule has 1 saturated carbocycles. The Labute approximate surface area is 120 Å². The smallest absolute Gasteiger partial charge is 0.251 e. The van der Waals surface area contributed by atoms with Crippen LogP contribution >= 0.6 is 0 Å². The van der Waals surface area contributed by atoms with E-state index in [1.165, 1.54) is 11.3 Å². The monoisotopic (exact) mass is 273 g/mol. The van der Waals surface area contributed by atoms with E-state index in [-0.39, 0.29) is 11.4 Å². The first-order valence-electron chi connectivity index (χ1n) is 7.46. The van der Waals surface area contributed by atoms with Gasteiger partial charge in [-0.15, -0.1) is 0 Å². The number of hydrogen-bond donors (Lipinski definition) is 2. The van der Waals surface area contributed by atoms with E-state index in [0.717, 1.165) is 44.6 Å². The van der Waals surface area contributed by atoms with E-state index in [4.69, 9.17) is 0 Å². The van der Waals surface area contributed by atoms with Crippen molar-refractivity contribution in [3.05, 3.63) is 29.3 Å². The Bertz CT molecular complexity index is 516. The molecule has 1 heterocycles. The van der Waals surface area contributed by atoms with Crippen molar-refractivity contribution in [3.8, 4) is 0 Å². The quantitative estimate of drug-likeness (QED) is 0.881. The zero-order chi connectivity index (χ0) is 14.2. The predicted octanol–water partition coefficient (Wildman–Crippen LogP) is 1.69. The van der Waals surface area contributed by atoms with Crippen LogP contribution in [0, 0.1) is 6.92 Å². The van der Waals surface area contributed by atoms with Gasteiger partial charge in [0.1, 0.15) is 0 Å². The Morgan fingerprint density at radius 3 is 2.60 bits per heavy atom. The van der Waals surface area contributed by atoms with Crippen LogP contribution in [0.15, 0.2) is 18.2 Å². The molecule has 2 fully saturated rings. The maximum atomic E-state index is 12.2. The third-order valence-electron chi connectivity index (χ3n) is 4.33. The molecule has 4 nitrogen and oxygen atoms in total. The van der Waals surface area contributed by atoms with Gasteiger partial charge in [0.25, 0.3) is 5.91 Å². The lowest BCUT2D eigenvalue weighted by Gasteiger charge is -2.30. The van der Waals surface area contributed by atoms with Crippen molar-refractivity contribution < 1.29 is 4.79 Å². The molecule has 0 aromatic heterocycles. The van der Waals surface area contributed by atoms with Crippen LogP contribution in [0.2, 0.25) is 0 Å². The SMILES string of the molecule is Cc1cc(C(=O)NC2(C)CC2)ccc1N1CCNCC1. The second-order valence-corrected chi connectivity index (χ2v) is 6.25.